The summed E-state index contributed by atoms with van der Waals surface area (Å²) in [6, 6.07) is 7.09. The standard InChI is InChI=1S/C24H21F3N4O4/c1-14-11-30(13-28-14)19-4-3-15(7-20(19)33-2)8-21-23-29-35-24(12-32,31(23)5-6-34-21)16-9-17(25)22(27)18(26)10-16/h3-4,7-11,13,32H,5-6,12H2,1-2H3/b21-8-. The van der Waals surface area contributed by atoms with E-state index in [0.29, 0.717) is 11.5 Å². The molecule has 1 unspecified atom stereocenters. The summed E-state index contributed by atoms with van der Waals surface area (Å²) < 4.78 is 54.6. The number of fused-ring (bicyclic) bond motifs is 1. The number of ether oxygens (including phenoxy) is 2. The van der Waals surface area contributed by atoms with Crippen LogP contribution in [0.2, 0.25) is 0 Å². The van der Waals surface area contributed by atoms with Gasteiger partial charge in [0.2, 0.25) is 5.84 Å². The number of benzene rings is 2. The quantitative estimate of drug-likeness (QED) is 0.557. The Kier molecular flexibility index (Phi) is 5.64. The van der Waals surface area contributed by atoms with Crippen LogP contribution in [0.4, 0.5) is 13.2 Å². The fourth-order valence-electron chi connectivity index (χ4n) is 4.17. The molecule has 182 valence electrons. The maximum absolute atomic E-state index is 14.0. The molecule has 0 radical (unpaired) electrons. The molecule has 0 spiro atoms. The summed E-state index contributed by atoms with van der Waals surface area (Å²) in [5.41, 5.74) is 0.540. The van der Waals surface area contributed by atoms with E-state index in [1.54, 1.807) is 25.6 Å². The number of imidazole rings is 1. The molecule has 2 aliphatic rings. The average Bonchev–Trinajstić information content (AvgIpc) is 3.47. The van der Waals surface area contributed by atoms with Crippen LogP contribution in [0.5, 0.6) is 5.75 Å². The van der Waals surface area contributed by atoms with Crippen molar-refractivity contribution >= 4 is 11.9 Å². The van der Waals surface area contributed by atoms with Crippen LogP contribution >= 0.6 is 0 Å². The lowest BCUT2D eigenvalue weighted by molar-refractivity contribution is -0.141. The van der Waals surface area contributed by atoms with E-state index in [4.69, 9.17) is 14.3 Å². The van der Waals surface area contributed by atoms with Crippen LogP contribution in [-0.2, 0) is 15.3 Å². The van der Waals surface area contributed by atoms with Gasteiger partial charge >= 0.3 is 0 Å². The van der Waals surface area contributed by atoms with Crippen molar-refractivity contribution in [3.63, 3.8) is 0 Å². The zero-order valence-electron chi connectivity index (χ0n) is 18.8. The summed E-state index contributed by atoms with van der Waals surface area (Å²) in [5.74, 6) is -3.25. The Morgan fingerprint density at radius 3 is 2.63 bits per heavy atom. The Hall–Kier alpha value is -3.99. The zero-order chi connectivity index (χ0) is 24.7. The predicted octanol–water partition coefficient (Wildman–Crippen LogP) is 3.47. The summed E-state index contributed by atoms with van der Waals surface area (Å²) in [6.45, 7) is 1.59. The fraction of sp³-hybridized carbons (Fsp3) is 0.250. The van der Waals surface area contributed by atoms with Crippen molar-refractivity contribution in [2.24, 2.45) is 5.16 Å². The number of halogens is 3. The molecule has 3 heterocycles. The highest BCUT2D eigenvalue weighted by molar-refractivity contribution is 6.01. The number of aliphatic hydroxyl groups is 1. The van der Waals surface area contributed by atoms with Gasteiger partial charge in [0.05, 0.1) is 31.4 Å². The number of methoxy groups -OCH3 is 1. The van der Waals surface area contributed by atoms with Gasteiger partial charge in [-0.3, -0.25) is 0 Å². The molecule has 35 heavy (non-hydrogen) atoms. The van der Waals surface area contributed by atoms with E-state index in [1.807, 2.05) is 29.8 Å². The van der Waals surface area contributed by atoms with Crippen LogP contribution in [0.15, 0.2) is 53.8 Å². The maximum Gasteiger partial charge on any atom is 0.260 e. The Morgan fingerprint density at radius 2 is 1.97 bits per heavy atom. The fourth-order valence-corrected chi connectivity index (χ4v) is 4.17. The third-order valence-electron chi connectivity index (χ3n) is 5.91. The minimum absolute atomic E-state index is 0.113. The van der Waals surface area contributed by atoms with E-state index in [9.17, 15) is 18.3 Å². The number of hydrogen-bond acceptors (Lipinski definition) is 7. The molecule has 8 nitrogen and oxygen atoms in total. The molecule has 1 N–H and O–H groups in total. The van der Waals surface area contributed by atoms with Crippen LogP contribution in [0.25, 0.3) is 11.8 Å². The van der Waals surface area contributed by atoms with Crippen molar-refractivity contribution in [1.82, 2.24) is 14.5 Å². The molecule has 2 aliphatic heterocycles. The second kappa shape index (κ2) is 8.66. The van der Waals surface area contributed by atoms with Crippen LogP contribution in [-0.4, -0.2) is 52.3 Å². The molecule has 0 bridgehead atoms. The van der Waals surface area contributed by atoms with Gasteiger partial charge in [-0.05, 0) is 42.8 Å². The Morgan fingerprint density at radius 1 is 1.20 bits per heavy atom. The van der Waals surface area contributed by atoms with Crippen molar-refractivity contribution in [3.8, 4) is 11.4 Å². The summed E-state index contributed by atoms with van der Waals surface area (Å²) >= 11 is 0. The van der Waals surface area contributed by atoms with E-state index >= 15 is 0 Å². The molecular weight excluding hydrogens is 465 g/mol. The van der Waals surface area contributed by atoms with E-state index in [-0.39, 0.29) is 24.6 Å². The lowest BCUT2D eigenvalue weighted by Crippen LogP contribution is -2.52. The highest BCUT2D eigenvalue weighted by Crippen LogP contribution is 2.39. The predicted molar refractivity (Wildman–Crippen MR) is 119 cm³/mol. The number of aliphatic hydroxyl groups excluding tert-OH is 1. The number of amidine groups is 1. The number of rotatable bonds is 5. The Labute approximate surface area is 198 Å². The first kappa shape index (κ1) is 22.8. The minimum Gasteiger partial charge on any atom is -0.495 e. The average molecular weight is 486 g/mol. The van der Waals surface area contributed by atoms with Crippen molar-refractivity contribution in [1.29, 1.82) is 0 Å². The highest BCUT2D eigenvalue weighted by atomic mass is 19.2. The van der Waals surface area contributed by atoms with Gasteiger partial charge in [-0.15, -0.1) is 0 Å². The van der Waals surface area contributed by atoms with Crippen LogP contribution < -0.4 is 4.74 Å². The normalized spacial score (nSPS) is 20.3. The second-order valence-corrected chi connectivity index (χ2v) is 8.06. The molecule has 0 saturated carbocycles. The van der Waals surface area contributed by atoms with Crippen LogP contribution in [0, 0.1) is 24.4 Å². The molecular formula is C24H21F3N4O4. The minimum atomic E-state index is -1.73. The van der Waals surface area contributed by atoms with Gasteiger partial charge in [-0.1, -0.05) is 11.2 Å². The van der Waals surface area contributed by atoms with Gasteiger partial charge < -0.3 is 28.9 Å². The lowest BCUT2D eigenvalue weighted by Gasteiger charge is -2.38. The van der Waals surface area contributed by atoms with Crippen LogP contribution in [0.3, 0.4) is 0 Å². The number of hydrogen-bond donors (Lipinski definition) is 1. The van der Waals surface area contributed by atoms with Crippen molar-refractivity contribution in [2.75, 3.05) is 26.9 Å². The highest BCUT2D eigenvalue weighted by Gasteiger charge is 2.50. The van der Waals surface area contributed by atoms with E-state index in [1.165, 1.54) is 4.90 Å². The first-order chi connectivity index (χ1) is 16.9. The number of aromatic nitrogens is 2. The molecule has 1 aromatic heterocycles. The lowest BCUT2D eigenvalue weighted by atomic mass is 10.00. The largest absolute Gasteiger partial charge is 0.495 e. The van der Waals surface area contributed by atoms with Gasteiger partial charge in [-0.2, -0.15) is 0 Å². The molecule has 2 aromatic carbocycles. The molecule has 11 heteroatoms. The first-order valence-electron chi connectivity index (χ1n) is 10.7. The summed E-state index contributed by atoms with van der Waals surface area (Å²) in [6.07, 6.45) is 5.27. The van der Waals surface area contributed by atoms with Gasteiger partial charge in [-0.25, -0.2) is 18.2 Å². The SMILES string of the molecule is COc1cc(/C=C2\OCCN3C2=NOC3(CO)c2cc(F)c(F)c(F)c2)ccc1-n1cnc(C)c1. The number of nitrogens with zero attached hydrogens (tertiary/aromatic N) is 4. The molecule has 0 amide bonds. The summed E-state index contributed by atoms with van der Waals surface area (Å²) in [5, 5.41) is 14.2. The van der Waals surface area contributed by atoms with Crippen molar-refractivity contribution in [2.45, 2.75) is 12.6 Å². The van der Waals surface area contributed by atoms with Crippen molar-refractivity contribution in [3.05, 3.63) is 82.9 Å². The third kappa shape index (κ3) is 3.77. The number of oxime groups is 1. The van der Waals surface area contributed by atoms with Gasteiger partial charge in [0.25, 0.3) is 5.72 Å². The molecule has 0 aliphatic carbocycles. The van der Waals surface area contributed by atoms with Crippen molar-refractivity contribution < 1.29 is 32.6 Å². The monoisotopic (exact) mass is 486 g/mol. The smallest absolute Gasteiger partial charge is 0.260 e. The number of morpholine rings is 1. The molecule has 3 aromatic rings. The maximum atomic E-state index is 14.0. The first-order valence-corrected chi connectivity index (χ1v) is 10.7. The van der Waals surface area contributed by atoms with Gasteiger partial charge in [0, 0.05) is 11.8 Å². The number of aryl methyl sites for hydroxylation is 1. The van der Waals surface area contributed by atoms with E-state index in [0.717, 1.165) is 29.1 Å². The summed E-state index contributed by atoms with van der Waals surface area (Å²) in [7, 11) is 1.56. The van der Waals surface area contributed by atoms with Gasteiger partial charge in [0.15, 0.2) is 23.2 Å². The molecule has 5 rings (SSSR count). The summed E-state index contributed by atoms with van der Waals surface area (Å²) in [4.78, 5) is 11.3. The molecule has 1 atom stereocenters. The van der Waals surface area contributed by atoms with E-state index in [2.05, 4.69) is 10.1 Å². The molecule has 1 saturated heterocycles. The zero-order valence-corrected chi connectivity index (χ0v) is 18.8. The third-order valence-corrected chi connectivity index (χ3v) is 5.91. The second-order valence-electron chi connectivity index (χ2n) is 8.06. The Balaban J connectivity index is 1.49. The van der Waals surface area contributed by atoms with E-state index < -0.39 is 29.8 Å². The van der Waals surface area contributed by atoms with Crippen LogP contribution in [0.1, 0.15) is 16.8 Å². The topological polar surface area (TPSA) is 81.3 Å². The Bertz CT molecular complexity index is 1330. The molecule has 1 fully saturated rings. The van der Waals surface area contributed by atoms with Gasteiger partial charge in [0.1, 0.15) is 19.0 Å².